The molecule has 0 fully saturated rings. The molecular weight excluding hydrogens is 421 g/mol. The Labute approximate surface area is 154 Å². The zero-order valence-corrected chi connectivity index (χ0v) is 15.3. The largest absolute Gasteiger partial charge is 0.296 e. The first-order valence-electron chi connectivity index (χ1n) is 6.39. The van der Waals surface area contributed by atoms with Crippen molar-refractivity contribution in [2.45, 2.75) is 0 Å². The van der Waals surface area contributed by atoms with Crippen molar-refractivity contribution in [3.8, 4) is 10.6 Å². The molecule has 23 heavy (non-hydrogen) atoms. The minimum Gasteiger partial charge on any atom is -0.296 e. The van der Waals surface area contributed by atoms with Crippen molar-refractivity contribution in [3.05, 3.63) is 62.5 Å². The fourth-order valence-corrected chi connectivity index (χ4v) is 3.20. The third-order valence-electron chi connectivity index (χ3n) is 2.91. The maximum absolute atomic E-state index is 12.3. The quantitative estimate of drug-likeness (QED) is 0.596. The van der Waals surface area contributed by atoms with Crippen LogP contribution in [0.15, 0.2) is 46.9 Å². The fraction of sp³-hybridized carbons (Fsp3) is 0. The van der Waals surface area contributed by atoms with Gasteiger partial charge in [0.15, 0.2) is 0 Å². The van der Waals surface area contributed by atoms with Crippen molar-refractivity contribution in [1.29, 1.82) is 0 Å². The molecule has 3 rings (SSSR count). The SMILES string of the molecule is O=C(Nc1nnc(-c2ccc(Br)cc2)s1)c1cc(Cl)ccc1Cl. The Morgan fingerprint density at radius 1 is 1.09 bits per heavy atom. The van der Waals surface area contributed by atoms with Gasteiger partial charge in [-0.1, -0.05) is 62.6 Å². The second kappa shape index (κ2) is 6.97. The molecule has 2 aromatic carbocycles. The van der Waals surface area contributed by atoms with Crippen molar-refractivity contribution in [3.63, 3.8) is 0 Å². The highest BCUT2D eigenvalue weighted by atomic mass is 79.9. The number of rotatable bonds is 3. The van der Waals surface area contributed by atoms with E-state index < -0.39 is 0 Å². The average molecular weight is 429 g/mol. The Kier molecular flexibility index (Phi) is 4.96. The molecule has 0 unspecified atom stereocenters. The first-order valence-corrected chi connectivity index (χ1v) is 8.75. The molecule has 0 atom stereocenters. The van der Waals surface area contributed by atoms with Gasteiger partial charge >= 0.3 is 0 Å². The number of hydrogen-bond donors (Lipinski definition) is 1. The molecule has 0 bridgehead atoms. The van der Waals surface area contributed by atoms with E-state index in [0.29, 0.717) is 25.7 Å². The zero-order chi connectivity index (χ0) is 16.4. The number of halogens is 3. The summed E-state index contributed by atoms with van der Waals surface area (Å²) < 4.78 is 0.981. The number of nitrogens with zero attached hydrogens (tertiary/aromatic N) is 2. The van der Waals surface area contributed by atoms with E-state index in [2.05, 4.69) is 31.4 Å². The van der Waals surface area contributed by atoms with Gasteiger partial charge in [0.1, 0.15) is 5.01 Å². The summed E-state index contributed by atoms with van der Waals surface area (Å²) in [6.07, 6.45) is 0. The number of amides is 1. The number of hydrogen-bond acceptors (Lipinski definition) is 4. The fourth-order valence-electron chi connectivity index (χ4n) is 1.82. The molecule has 0 aliphatic carbocycles. The molecule has 0 saturated heterocycles. The number of nitrogens with one attached hydrogen (secondary N) is 1. The smallest absolute Gasteiger partial charge is 0.259 e. The molecule has 1 heterocycles. The van der Waals surface area contributed by atoms with Gasteiger partial charge in [-0.25, -0.2) is 0 Å². The third kappa shape index (κ3) is 3.90. The predicted octanol–water partition coefficient (Wildman–Crippen LogP) is 5.53. The molecule has 0 spiro atoms. The van der Waals surface area contributed by atoms with E-state index in [1.54, 1.807) is 12.1 Å². The lowest BCUT2D eigenvalue weighted by Gasteiger charge is -2.03. The summed E-state index contributed by atoms with van der Waals surface area (Å²) in [7, 11) is 0. The Morgan fingerprint density at radius 3 is 2.57 bits per heavy atom. The van der Waals surface area contributed by atoms with Crippen molar-refractivity contribution in [2.75, 3.05) is 5.32 Å². The summed E-state index contributed by atoms with van der Waals surface area (Å²) >= 11 is 16.6. The van der Waals surface area contributed by atoms with Crippen LogP contribution in [0.5, 0.6) is 0 Å². The summed E-state index contributed by atoms with van der Waals surface area (Å²) in [5, 5.41) is 12.6. The molecule has 4 nitrogen and oxygen atoms in total. The molecule has 1 amide bonds. The van der Waals surface area contributed by atoms with Crippen LogP contribution in [-0.2, 0) is 0 Å². The lowest BCUT2D eigenvalue weighted by atomic mass is 10.2. The molecule has 0 aliphatic rings. The average Bonchev–Trinajstić information content (AvgIpc) is 2.99. The van der Waals surface area contributed by atoms with E-state index >= 15 is 0 Å². The van der Waals surface area contributed by atoms with Gasteiger partial charge in [-0.3, -0.25) is 10.1 Å². The zero-order valence-electron chi connectivity index (χ0n) is 11.4. The second-order valence-electron chi connectivity index (χ2n) is 4.50. The second-order valence-corrected chi connectivity index (χ2v) is 7.23. The van der Waals surface area contributed by atoms with Crippen LogP contribution >= 0.6 is 50.5 Å². The van der Waals surface area contributed by atoms with E-state index in [0.717, 1.165) is 10.0 Å². The number of benzene rings is 2. The van der Waals surface area contributed by atoms with Crippen LogP contribution in [-0.4, -0.2) is 16.1 Å². The van der Waals surface area contributed by atoms with Crippen molar-refractivity contribution < 1.29 is 4.79 Å². The molecule has 8 heteroatoms. The van der Waals surface area contributed by atoms with Gasteiger partial charge in [-0.05, 0) is 30.3 Å². The number of anilines is 1. The summed E-state index contributed by atoms with van der Waals surface area (Å²) in [6.45, 7) is 0. The summed E-state index contributed by atoms with van der Waals surface area (Å²) in [4.78, 5) is 12.3. The maximum Gasteiger partial charge on any atom is 0.259 e. The highest BCUT2D eigenvalue weighted by molar-refractivity contribution is 9.10. The van der Waals surface area contributed by atoms with Crippen LogP contribution in [0.25, 0.3) is 10.6 Å². The Bertz CT molecular complexity index is 867. The molecule has 1 N–H and O–H groups in total. The molecule has 0 aliphatic heterocycles. The Balaban J connectivity index is 1.80. The van der Waals surface area contributed by atoms with Crippen molar-refractivity contribution in [1.82, 2.24) is 10.2 Å². The Morgan fingerprint density at radius 2 is 1.83 bits per heavy atom. The summed E-state index contributed by atoms with van der Waals surface area (Å²) in [5.74, 6) is -0.379. The van der Waals surface area contributed by atoms with E-state index in [9.17, 15) is 4.79 Å². The molecule has 0 saturated carbocycles. The molecule has 116 valence electrons. The normalized spacial score (nSPS) is 10.6. The van der Waals surface area contributed by atoms with Gasteiger partial charge in [0, 0.05) is 15.1 Å². The van der Waals surface area contributed by atoms with Gasteiger partial charge < -0.3 is 0 Å². The Hall–Kier alpha value is -1.47. The molecule has 3 aromatic rings. The number of carbonyl (C=O) groups is 1. The predicted molar refractivity (Wildman–Crippen MR) is 97.5 cm³/mol. The minimum absolute atomic E-state index is 0.291. The van der Waals surface area contributed by atoms with E-state index in [1.807, 2.05) is 24.3 Å². The van der Waals surface area contributed by atoms with Gasteiger partial charge in [0.05, 0.1) is 10.6 Å². The highest BCUT2D eigenvalue weighted by Gasteiger charge is 2.14. The number of aromatic nitrogens is 2. The lowest BCUT2D eigenvalue weighted by Crippen LogP contribution is -2.12. The lowest BCUT2D eigenvalue weighted by molar-refractivity contribution is 0.102. The topological polar surface area (TPSA) is 54.9 Å². The highest BCUT2D eigenvalue weighted by Crippen LogP contribution is 2.28. The van der Waals surface area contributed by atoms with Crippen molar-refractivity contribution in [2.24, 2.45) is 0 Å². The van der Waals surface area contributed by atoms with Crippen LogP contribution < -0.4 is 5.32 Å². The van der Waals surface area contributed by atoms with Gasteiger partial charge in [-0.2, -0.15) is 0 Å². The van der Waals surface area contributed by atoms with E-state index in [-0.39, 0.29) is 5.91 Å². The van der Waals surface area contributed by atoms with Gasteiger partial charge in [-0.15, -0.1) is 10.2 Å². The van der Waals surface area contributed by atoms with Gasteiger partial charge in [0.2, 0.25) is 5.13 Å². The molecular formula is C15H8BrCl2N3OS. The third-order valence-corrected chi connectivity index (χ3v) is 4.89. The van der Waals surface area contributed by atoms with E-state index in [4.69, 9.17) is 23.2 Å². The minimum atomic E-state index is -0.379. The molecule has 0 radical (unpaired) electrons. The van der Waals surface area contributed by atoms with Crippen LogP contribution in [0.3, 0.4) is 0 Å². The standard InChI is InChI=1S/C15H8BrCl2N3OS/c16-9-3-1-8(2-4-9)14-20-21-15(23-14)19-13(22)11-7-10(17)5-6-12(11)18/h1-7H,(H,19,21,22). The van der Waals surface area contributed by atoms with Gasteiger partial charge in [0.25, 0.3) is 5.91 Å². The maximum atomic E-state index is 12.3. The van der Waals surface area contributed by atoms with E-state index in [1.165, 1.54) is 17.4 Å². The summed E-state index contributed by atoms with van der Waals surface area (Å²) in [6, 6.07) is 12.4. The monoisotopic (exact) mass is 427 g/mol. The van der Waals surface area contributed by atoms with Crippen LogP contribution in [0.2, 0.25) is 10.0 Å². The summed E-state index contributed by atoms with van der Waals surface area (Å²) in [5.41, 5.74) is 1.21. The molecule has 1 aromatic heterocycles. The van der Waals surface area contributed by atoms with Crippen molar-refractivity contribution >= 4 is 61.5 Å². The van der Waals surface area contributed by atoms with Crippen LogP contribution in [0.4, 0.5) is 5.13 Å². The number of carbonyl (C=O) groups excluding carboxylic acids is 1. The van der Waals surface area contributed by atoms with Crippen LogP contribution in [0.1, 0.15) is 10.4 Å². The van der Waals surface area contributed by atoms with Crippen LogP contribution in [0, 0.1) is 0 Å². The first-order chi connectivity index (χ1) is 11.0. The first kappa shape index (κ1) is 16.4.